The molecule has 2 heterocycles. The normalized spacial score (nSPS) is 17.8. The molecule has 0 unspecified atom stereocenters. The Labute approximate surface area is 124 Å². The van der Waals surface area contributed by atoms with Gasteiger partial charge >= 0.3 is 0 Å². The van der Waals surface area contributed by atoms with Gasteiger partial charge in [-0.1, -0.05) is 0 Å². The lowest BCUT2D eigenvalue weighted by atomic mass is 9.91. The smallest absolute Gasteiger partial charge is 0.251 e. The van der Waals surface area contributed by atoms with E-state index in [0.29, 0.717) is 11.5 Å². The second-order valence-corrected chi connectivity index (χ2v) is 5.93. The predicted octanol–water partition coefficient (Wildman–Crippen LogP) is 1.99. The summed E-state index contributed by atoms with van der Waals surface area (Å²) in [7, 11) is 0. The topological polar surface area (TPSA) is 69.8 Å². The van der Waals surface area contributed by atoms with Crippen molar-refractivity contribution in [3.63, 3.8) is 0 Å². The van der Waals surface area contributed by atoms with Crippen LogP contribution in [0.5, 0.6) is 0 Å². The van der Waals surface area contributed by atoms with Gasteiger partial charge in [-0.15, -0.1) is 0 Å². The van der Waals surface area contributed by atoms with Crippen LogP contribution in [0, 0.1) is 12.8 Å². The fraction of sp³-hybridized carbons (Fsp3) is 0.500. The maximum absolute atomic E-state index is 12.4. The Kier molecular flexibility index (Phi) is 3.92. The molecule has 1 fully saturated rings. The highest BCUT2D eigenvalue weighted by atomic mass is 16.1. The molecular weight excluding hydrogens is 264 g/mol. The fourth-order valence-electron chi connectivity index (χ4n) is 3.03. The molecule has 21 heavy (non-hydrogen) atoms. The van der Waals surface area contributed by atoms with Crippen molar-refractivity contribution in [1.82, 2.24) is 20.8 Å². The zero-order chi connectivity index (χ0) is 14.8. The predicted molar refractivity (Wildman–Crippen MR) is 83.4 cm³/mol. The number of aryl methyl sites for hydroxylation is 1. The number of carbonyl (C=O) groups excluding carboxylic acids is 1. The van der Waals surface area contributed by atoms with E-state index in [9.17, 15) is 4.79 Å². The van der Waals surface area contributed by atoms with E-state index in [4.69, 9.17) is 0 Å². The number of fused-ring (bicyclic) bond motifs is 1. The third-order valence-corrected chi connectivity index (χ3v) is 4.46. The van der Waals surface area contributed by atoms with Crippen molar-refractivity contribution in [2.45, 2.75) is 32.7 Å². The third-order valence-electron chi connectivity index (χ3n) is 4.46. The minimum Gasteiger partial charge on any atom is -0.349 e. The zero-order valence-electron chi connectivity index (χ0n) is 12.6. The molecule has 5 nitrogen and oxygen atoms in total. The summed E-state index contributed by atoms with van der Waals surface area (Å²) < 4.78 is 0. The average Bonchev–Trinajstić information content (AvgIpc) is 2.89. The van der Waals surface area contributed by atoms with Gasteiger partial charge in [0, 0.05) is 22.7 Å². The van der Waals surface area contributed by atoms with Gasteiger partial charge in [0.1, 0.15) is 0 Å². The lowest BCUT2D eigenvalue weighted by molar-refractivity contribution is 0.0921. The van der Waals surface area contributed by atoms with Crippen molar-refractivity contribution in [3.8, 4) is 0 Å². The summed E-state index contributed by atoms with van der Waals surface area (Å²) in [5.41, 5.74) is 2.59. The van der Waals surface area contributed by atoms with Crippen LogP contribution in [0.2, 0.25) is 0 Å². The molecule has 0 bridgehead atoms. The van der Waals surface area contributed by atoms with Gasteiger partial charge in [-0.2, -0.15) is 5.10 Å². The number of aromatic amines is 1. The van der Waals surface area contributed by atoms with E-state index < -0.39 is 0 Å². The van der Waals surface area contributed by atoms with E-state index in [1.54, 1.807) is 0 Å². The molecule has 2 aromatic rings. The largest absolute Gasteiger partial charge is 0.349 e. The van der Waals surface area contributed by atoms with E-state index in [1.807, 2.05) is 25.1 Å². The summed E-state index contributed by atoms with van der Waals surface area (Å²) >= 11 is 0. The molecule has 3 rings (SSSR count). The lowest BCUT2D eigenvalue weighted by Gasteiger charge is -2.28. The van der Waals surface area contributed by atoms with Crippen LogP contribution in [-0.2, 0) is 0 Å². The Bertz CT molecular complexity index is 643. The summed E-state index contributed by atoms with van der Waals surface area (Å²) in [6, 6.07) is 5.86. The van der Waals surface area contributed by atoms with Gasteiger partial charge in [0.2, 0.25) is 0 Å². The van der Waals surface area contributed by atoms with E-state index in [-0.39, 0.29) is 11.9 Å². The Balaban J connectivity index is 1.72. The van der Waals surface area contributed by atoms with Crippen LogP contribution in [0.15, 0.2) is 18.2 Å². The van der Waals surface area contributed by atoms with Crippen LogP contribution >= 0.6 is 0 Å². The number of piperidine rings is 1. The van der Waals surface area contributed by atoms with Crippen LogP contribution in [-0.4, -0.2) is 35.2 Å². The summed E-state index contributed by atoms with van der Waals surface area (Å²) in [5.74, 6) is 0.568. The molecule has 1 aromatic heterocycles. The van der Waals surface area contributed by atoms with Crippen LogP contribution in [0.1, 0.15) is 35.8 Å². The number of hydrogen-bond acceptors (Lipinski definition) is 3. The number of H-pyrrole nitrogens is 1. The van der Waals surface area contributed by atoms with Gasteiger partial charge in [0.15, 0.2) is 0 Å². The zero-order valence-corrected chi connectivity index (χ0v) is 12.6. The van der Waals surface area contributed by atoms with Crippen molar-refractivity contribution < 1.29 is 4.79 Å². The summed E-state index contributed by atoms with van der Waals surface area (Å²) in [6.07, 6.45) is 2.25. The molecule has 0 radical (unpaired) electrons. The summed E-state index contributed by atoms with van der Waals surface area (Å²) in [5, 5.41) is 14.6. The standard InChI is InChI=1S/C16H22N4O/c1-10(12-5-7-17-8-6-12)18-16(21)13-3-4-15-14(9-13)11(2)19-20-15/h3-4,9-10,12,17H,5-8H2,1-2H3,(H,18,21)(H,19,20)/t10-/m0/s1. The molecule has 1 amide bonds. The highest BCUT2D eigenvalue weighted by Gasteiger charge is 2.21. The maximum atomic E-state index is 12.4. The molecule has 0 saturated carbocycles. The van der Waals surface area contributed by atoms with Gasteiger partial charge < -0.3 is 10.6 Å². The molecule has 1 saturated heterocycles. The molecule has 112 valence electrons. The first-order valence-corrected chi connectivity index (χ1v) is 7.61. The minimum atomic E-state index is 0.00327. The number of aromatic nitrogens is 2. The fourth-order valence-corrected chi connectivity index (χ4v) is 3.03. The van der Waals surface area contributed by atoms with Crippen LogP contribution < -0.4 is 10.6 Å². The third kappa shape index (κ3) is 2.93. The van der Waals surface area contributed by atoms with Gasteiger partial charge in [0.05, 0.1) is 5.52 Å². The Morgan fingerprint density at radius 1 is 1.38 bits per heavy atom. The number of benzene rings is 1. The van der Waals surface area contributed by atoms with Crippen molar-refractivity contribution in [2.75, 3.05) is 13.1 Å². The Morgan fingerprint density at radius 3 is 2.90 bits per heavy atom. The molecule has 1 aliphatic rings. The first kappa shape index (κ1) is 14.1. The molecular formula is C16H22N4O. The number of rotatable bonds is 3. The quantitative estimate of drug-likeness (QED) is 0.808. The van der Waals surface area contributed by atoms with E-state index in [2.05, 4.69) is 27.8 Å². The average molecular weight is 286 g/mol. The second-order valence-electron chi connectivity index (χ2n) is 5.93. The van der Waals surface area contributed by atoms with Crippen molar-refractivity contribution >= 4 is 16.8 Å². The van der Waals surface area contributed by atoms with Crippen molar-refractivity contribution in [3.05, 3.63) is 29.5 Å². The number of nitrogens with zero attached hydrogens (tertiary/aromatic N) is 1. The SMILES string of the molecule is Cc1[nH]nc2ccc(C(=O)N[C@@H](C)C3CCNCC3)cc12. The lowest BCUT2D eigenvalue weighted by Crippen LogP contribution is -2.42. The highest BCUT2D eigenvalue weighted by Crippen LogP contribution is 2.19. The summed E-state index contributed by atoms with van der Waals surface area (Å²) in [4.78, 5) is 12.4. The van der Waals surface area contributed by atoms with Crippen LogP contribution in [0.4, 0.5) is 0 Å². The number of amides is 1. The minimum absolute atomic E-state index is 0.00327. The molecule has 3 N–H and O–H groups in total. The molecule has 5 heteroatoms. The van der Waals surface area contributed by atoms with Crippen LogP contribution in [0.3, 0.4) is 0 Å². The second kappa shape index (κ2) is 5.85. The first-order valence-electron chi connectivity index (χ1n) is 7.61. The highest BCUT2D eigenvalue weighted by molar-refractivity contribution is 5.98. The van der Waals surface area contributed by atoms with E-state index >= 15 is 0 Å². The molecule has 1 aromatic carbocycles. The monoisotopic (exact) mass is 286 g/mol. The van der Waals surface area contributed by atoms with Gasteiger partial charge in [-0.05, 0) is 63.9 Å². The van der Waals surface area contributed by atoms with Gasteiger partial charge in [-0.3, -0.25) is 9.89 Å². The van der Waals surface area contributed by atoms with Gasteiger partial charge in [0.25, 0.3) is 5.91 Å². The molecule has 0 aliphatic carbocycles. The van der Waals surface area contributed by atoms with E-state index in [0.717, 1.165) is 42.5 Å². The number of hydrogen-bond donors (Lipinski definition) is 3. The Morgan fingerprint density at radius 2 is 2.14 bits per heavy atom. The van der Waals surface area contributed by atoms with Crippen molar-refractivity contribution in [1.29, 1.82) is 0 Å². The number of carbonyl (C=O) groups is 1. The molecule has 0 spiro atoms. The number of nitrogens with one attached hydrogen (secondary N) is 3. The van der Waals surface area contributed by atoms with Crippen LogP contribution in [0.25, 0.3) is 10.9 Å². The maximum Gasteiger partial charge on any atom is 0.251 e. The van der Waals surface area contributed by atoms with Crippen molar-refractivity contribution in [2.24, 2.45) is 5.92 Å². The molecule has 1 aliphatic heterocycles. The van der Waals surface area contributed by atoms with E-state index in [1.165, 1.54) is 0 Å². The molecule has 1 atom stereocenters. The first-order chi connectivity index (χ1) is 10.1. The summed E-state index contributed by atoms with van der Waals surface area (Å²) in [6.45, 7) is 6.17. The Hall–Kier alpha value is -1.88. The van der Waals surface area contributed by atoms with Gasteiger partial charge in [-0.25, -0.2) is 0 Å².